The summed E-state index contributed by atoms with van der Waals surface area (Å²) in [5, 5.41) is 0. The molecule has 0 N–H and O–H groups in total. The predicted molar refractivity (Wildman–Crippen MR) is 80.5 cm³/mol. The van der Waals surface area contributed by atoms with Crippen LogP contribution in [0.15, 0.2) is 0 Å². The molecular formula is C13H18F6O6S2. The molecule has 0 radical (unpaired) electrons. The molecule has 0 saturated heterocycles. The van der Waals surface area contributed by atoms with Gasteiger partial charge in [-0.15, -0.1) is 0 Å². The summed E-state index contributed by atoms with van der Waals surface area (Å²) in [7, 11) is -13.5. The zero-order valence-corrected chi connectivity index (χ0v) is 15.6. The van der Waals surface area contributed by atoms with Crippen LogP contribution in [0.4, 0.5) is 26.3 Å². The van der Waals surface area contributed by atoms with Gasteiger partial charge in [0, 0.05) is 6.42 Å². The number of carbonyl (C=O) groups excluding carboxylic acids is 1. The highest BCUT2D eigenvalue weighted by molar-refractivity contribution is 8.09. The zero-order chi connectivity index (χ0) is 21.3. The minimum atomic E-state index is -6.73. The van der Waals surface area contributed by atoms with Crippen LogP contribution in [-0.2, 0) is 29.2 Å². The van der Waals surface area contributed by atoms with E-state index in [0.29, 0.717) is 25.7 Å². The van der Waals surface area contributed by atoms with Crippen molar-refractivity contribution in [3.8, 4) is 0 Å². The summed E-state index contributed by atoms with van der Waals surface area (Å²) < 4.78 is 123. The molecule has 1 saturated carbocycles. The number of alkyl halides is 6. The van der Waals surface area contributed by atoms with Gasteiger partial charge in [0.15, 0.2) is 4.58 Å². The molecule has 1 atom stereocenters. The SMILES string of the molecule is CC(CC(S(=O)(=O)C(F)(F)F)S(=O)(=O)C(F)(F)F)OC(=O)C1CCCCC1. The number of ether oxygens (including phenoxy) is 1. The lowest BCUT2D eigenvalue weighted by Gasteiger charge is -2.25. The van der Waals surface area contributed by atoms with E-state index in [-0.39, 0.29) is 0 Å². The summed E-state index contributed by atoms with van der Waals surface area (Å²) in [4.78, 5) is 11.9. The Morgan fingerprint density at radius 3 is 1.70 bits per heavy atom. The molecule has 0 amide bonds. The van der Waals surface area contributed by atoms with Gasteiger partial charge in [0.25, 0.3) is 19.7 Å². The van der Waals surface area contributed by atoms with Crippen molar-refractivity contribution in [2.45, 2.75) is 67.2 Å². The van der Waals surface area contributed by atoms with Gasteiger partial charge in [-0.2, -0.15) is 26.3 Å². The first-order chi connectivity index (χ1) is 12.0. The quantitative estimate of drug-likeness (QED) is 0.458. The van der Waals surface area contributed by atoms with Crippen molar-refractivity contribution in [1.29, 1.82) is 0 Å². The summed E-state index contributed by atoms with van der Waals surface area (Å²) in [5.41, 5.74) is -12.5. The Morgan fingerprint density at radius 1 is 0.926 bits per heavy atom. The molecule has 0 bridgehead atoms. The van der Waals surface area contributed by atoms with E-state index in [9.17, 15) is 48.0 Å². The van der Waals surface area contributed by atoms with Crippen LogP contribution in [0.2, 0.25) is 0 Å². The van der Waals surface area contributed by atoms with Crippen LogP contribution < -0.4 is 0 Å². The molecule has 0 aliphatic heterocycles. The molecule has 1 fully saturated rings. The normalized spacial score (nSPS) is 19.1. The monoisotopic (exact) mass is 448 g/mol. The van der Waals surface area contributed by atoms with E-state index >= 15 is 0 Å². The Morgan fingerprint density at radius 2 is 1.33 bits per heavy atom. The van der Waals surface area contributed by atoms with Gasteiger partial charge in [0.05, 0.1) is 5.92 Å². The van der Waals surface area contributed by atoms with Crippen LogP contribution in [-0.4, -0.2) is 44.5 Å². The number of carbonyl (C=O) groups is 1. The molecule has 27 heavy (non-hydrogen) atoms. The van der Waals surface area contributed by atoms with Crippen molar-refractivity contribution >= 4 is 25.6 Å². The number of sulfone groups is 2. The first kappa shape index (κ1) is 24.0. The first-order valence-electron chi connectivity index (χ1n) is 7.82. The lowest BCUT2D eigenvalue weighted by Crippen LogP contribution is -2.46. The molecule has 0 aromatic carbocycles. The van der Waals surface area contributed by atoms with Gasteiger partial charge in [0.1, 0.15) is 6.10 Å². The topological polar surface area (TPSA) is 94.6 Å². The summed E-state index contributed by atoms with van der Waals surface area (Å²) >= 11 is 0. The van der Waals surface area contributed by atoms with Gasteiger partial charge in [-0.3, -0.25) is 4.79 Å². The maximum atomic E-state index is 12.7. The van der Waals surface area contributed by atoms with E-state index in [2.05, 4.69) is 0 Å². The fourth-order valence-corrected chi connectivity index (χ4v) is 6.30. The second-order valence-corrected chi connectivity index (χ2v) is 10.8. The van der Waals surface area contributed by atoms with E-state index in [0.717, 1.165) is 13.3 Å². The third-order valence-electron chi connectivity index (χ3n) is 4.12. The molecule has 1 aliphatic carbocycles. The van der Waals surface area contributed by atoms with Crippen molar-refractivity contribution in [2.75, 3.05) is 0 Å². The predicted octanol–water partition coefficient (Wildman–Crippen LogP) is 3.08. The molecular weight excluding hydrogens is 430 g/mol. The number of rotatable bonds is 6. The van der Waals surface area contributed by atoms with Gasteiger partial charge in [-0.05, 0) is 19.8 Å². The van der Waals surface area contributed by atoms with Gasteiger partial charge >= 0.3 is 17.0 Å². The van der Waals surface area contributed by atoms with Gasteiger partial charge < -0.3 is 4.74 Å². The smallest absolute Gasteiger partial charge is 0.462 e. The summed E-state index contributed by atoms with van der Waals surface area (Å²) in [5.74, 6) is -1.52. The minimum Gasteiger partial charge on any atom is -0.462 e. The molecule has 160 valence electrons. The third-order valence-corrected chi connectivity index (χ3v) is 8.70. The van der Waals surface area contributed by atoms with E-state index in [1.165, 1.54) is 0 Å². The average Bonchev–Trinajstić information content (AvgIpc) is 2.50. The molecule has 14 heteroatoms. The minimum absolute atomic E-state index is 0.413. The van der Waals surface area contributed by atoms with Crippen molar-refractivity contribution in [1.82, 2.24) is 0 Å². The zero-order valence-electron chi connectivity index (χ0n) is 14.0. The molecule has 6 nitrogen and oxygen atoms in total. The highest BCUT2D eigenvalue weighted by Gasteiger charge is 2.63. The van der Waals surface area contributed by atoms with Crippen LogP contribution in [0.25, 0.3) is 0 Å². The maximum Gasteiger partial charge on any atom is 0.498 e. The first-order valence-corrected chi connectivity index (χ1v) is 10.9. The molecule has 0 spiro atoms. The Balaban J connectivity index is 3.09. The lowest BCUT2D eigenvalue weighted by molar-refractivity contribution is -0.154. The second-order valence-electron chi connectivity index (χ2n) is 6.23. The average molecular weight is 448 g/mol. The molecule has 1 rings (SSSR count). The van der Waals surface area contributed by atoms with E-state index in [1.54, 1.807) is 0 Å². The van der Waals surface area contributed by atoms with Crippen molar-refractivity contribution < 1.29 is 52.7 Å². The standard InChI is InChI=1S/C13H18F6O6S2/c1-8(25-11(20)9-5-3-2-4-6-9)7-10(26(21,22)12(14,15)16)27(23,24)13(17,18)19/h8-10H,2-7H2,1H3. The number of hydrogen-bond donors (Lipinski definition) is 0. The van der Waals surface area contributed by atoms with E-state index < -0.39 is 59.7 Å². The third kappa shape index (κ3) is 5.48. The van der Waals surface area contributed by atoms with Crippen LogP contribution in [0, 0.1) is 5.92 Å². The second kappa shape index (κ2) is 8.13. The van der Waals surface area contributed by atoms with Crippen LogP contribution in [0.1, 0.15) is 45.4 Å². The van der Waals surface area contributed by atoms with Crippen LogP contribution in [0.5, 0.6) is 0 Å². The van der Waals surface area contributed by atoms with Crippen molar-refractivity contribution in [3.05, 3.63) is 0 Å². The largest absolute Gasteiger partial charge is 0.498 e. The number of halogens is 6. The molecule has 0 aromatic heterocycles. The van der Waals surface area contributed by atoms with Crippen LogP contribution in [0.3, 0.4) is 0 Å². The van der Waals surface area contributed by atoms with Gasteiger partial charge in [-0.25, -0.2) is 16.8 Å². The fourth-order valence-electron chi connectivity index (χ4n) is 2.67. The number of hydrogen-bond acceptors (Lipinski definition) is 6. The summed E-state index contributed by atoms with van der Waals surface area (Å²) in [6.45, 7) is 0.839. The molecule has 1 aliphatic rings. The lowest BCUT2D eigenvalue weighted by atomic mass is 9.89. The van der Waals surface area contributed by atoms with Gasteiger partial charge in [-0.1, -0.05) is 19.3 Å². The highest BCUT2D eigenvalue weighted by Crippen LogP contribution is 2.38. The Bertz CT molecular complexity index is 690. The fraction of sp³-hybridized carbons (Fsp3) is 0.923. The Hall–Kier alpha value is -1.05. The molecule has 1 unspecified atom stereocenters. The Labute approximate surface area is 152 Å². The highest BCUT2D eigenvalue weighted by atomic mass is 32.3. The van der Waals surface area contributed by atoms with E-state index in [4.69, 9.17) is 4.74 Å². The molecule has 0 heterocycles. The van der Waals surface area contributed by atoms with Gasteiger partial charge in [0.2, 0.25) is 0 Å². The maximum absolute atomic E-state index is 12.7. The number of esters is 1. The van der Waals surface area contributed by atoms with Crippen molar-refractivity contribution in [3.63, 3.8) is 0 Å². The Kier molecular flexibility index (Phi) is 7.23. The van der Waals surface area contributed by atoms with Crippen molar-refractivity contribution in [2.24, 2.45) is 5.92 Å². The van der Waals surface area contributed by atoms with E-state index in [1.807, 2.05) is 0 Å². The summed E-state index contributed by atoms with van der Waals surface area (Å²) in [6.07, 6.45) is -0.438. The molecule has 0 aromatic rings. The summed E-state index contributed by atoms with van der Waals surface area (Å²) in [6, 6.07) is 0. The van der Waals surface area contributed by atoms with Crippen LogP contribution >= 0.6 is 0 Å².